The van der Waals surface area contributed by atoms with Gasteiger partial charge in [-0.1, -0.05) is 29.8 Å². The molecule has 0 aliphatic carbocycles. The molecule has 0 radical (unpaired) electrons. The van der Waals surface area contributed by atoms with Gasteiger partial charge in [-0.15, -0.1) is 0 Å². The fourth-order valence-corrected chi connectivity index (χ4v) is 4.00. The number of carbonyl (C=O) groups excluding carboxylic acids is 1. The highest BCUT2D eigenvalue weighted by Crippen LogP contribution is 2.32. The van der Waals surface area contributed by atoms with E-state index in [9.17, 15) is 15.0 Å². The number of aryl methyl sites for hydroxylation is 1. The first kappa shape index (κ1) is 23.1. The van der Waals surface area contributed by atoms with Crippen LogP contribution in [0.15, 0.2) is 36.9 Å². The topological polar surface area (TPSA) is 152 Å². The second-order valence-corrected chi connectivity index (χ2v) is 8.48. The molecule has 176 valence electrons. The van der Waals surface area contributed by atoms with Crippen LogP contribution in [0.1, 0.15) is 17.4 Å². The predicted molar refractivity (Wildman–Crippen MR) is 121 cm³/mol. The maximum atomic E-state index is 12.8. The Bertz CT molecular complexity index is 1120. The SMILES string of the molecule is Cc1ccc(C[C@H](N)C(=O)N[C@@H]2[C@@H](CO)OC(n3cnc4c(N(C)C)ncnc43)[C@@H]2O)cc1. The van der Waals surface area contributed by atoms with E-state index in [1.807, 2.05) is 50.2 Å². The summed E-state index contributed by atoms with van der Waals surface area (Å²) in [5.41, 5.74) is 9.18. The Morgan fingerprint density at radius 2 is 2.00 bits per heavy atom. The number of ether oxygens (including phenoxy) is 1. The lowest BCUT2D eigenvalue weighted by molar-refractivity contribution is -0.124. The summed E-state index contributed by atoms with van der Waals surface area (Å²) in [7, 11) is 3.68. The number of aliphatic hydroxyl groups is 2. The Hall–Kier alpha value is -3.12. The van der Waals surface area contributed by atoms with Gasteiger partial charge in [0, 0.05) is 14.1 Å². The van der Waals surface area contributed by atoms with Crippen LogP contribution in [0, 0.1) is 6.92 Å². The number of anilines is 1. The van der Waals surface area contributed by atoms with Gasteiger partial charge < -0.3 is 30.9 Å². The second-order valence-electron chi connectivity index (χ2n) is 8.48. The molecule has 0 saturated carbocycles. The van der Waals surface area contributed by atoms with E-state index in [4.69, 9.17) is 10.5 Å². The summed E-state index contributed by atoms with van der Waals surface area (Å²) in [6, 6.07) is 6.10. The molecule has 1 saturated heterocycles. The Balaban J connectivity index is 1.51. The van der Waals surface area contributed by atoms with E-state index < -0.39 is 43.0 Å². The van der Waals surface area contributed by atoms with Crippen molar-refractivity contribution in [2.24, 2.45) is 5.73 Å². The van der Waals surface area contributed by atoms with E-state index >= 15 is 0 Å². The number of benzene rings is 1. The summed E-state index contributed by atoms with van der Waals surface area (Å²) in [6.07, 6.45) is 0.363. The number of hydrogen-bond acceptors (Lipinski definition) is 9. The van der Waals surface area contributed by atoms with Gasteiger partial charge in [0.1, 0.15) is 18.5 Å². The summed E-state index contributed by atoms with van der Waals surface area (Å²) in [6.45, 7) is 1.59. The Morgan fingerprint density at radius 1 is 1.27 bits per heavy atom. The number of nitrogens with one attached hydrogen (secondary N) is 1. The molecule has 33 heavy (non-hydrogen) atoms. The highest BCUT2D eigenvalue weighted by molar-refractivity contribution is 5.83. The van der Waals surface area contributed by atoms with E-state index in [2.05, 4.69) is 20.3 Å². The van der Waals surface area contributed by atoms with E-state index in [1.54, 1.807) is 4.57 Å². The van der Waals surface area contributed by atoms with Crippen LogP contribution >= 0.6 is 0 Å². The molecule has 1 fully saturated rings. The number of nitrogens with zero attached hydrogens (tertiary/aromatic N) is 5. The van der Waals surface area contributed by atoms with Crippen LogP contribution < -0.4 is 16.0 Å². The lowest BCUT2D eigenvalue weighted by Gasteiger charge is -2.23. The lowest BCUT2D eigenvalue weighted by atomic mass is 10.0. The molecule has 11 nitrogen and oxygen atoms in total. The van der Waals surface area contributed by atoms with Crippen molar-refractivity contribution < 1.29 is 19.7 Å². The molecule has 11 heteroatoms. The number of fused-ring (bicyclic) bond motifs is 1. The van der Waals surface area contributed by atoms with Gasteiger partial charge in [0.15, 0.2) is 23.2 Å². The van der Waals surface area contributed by atoms with Crippen molar-refractivity contribution in [1.29, 1.82) is 0 Å². The maximum Gasteiger partial charge on any atom is 0.237 e. The third kappa shape index (κ3) is 4.53. The fourth-order valence-electron chi connectivity index (χ4n) is 4.00. The Morgan fingerprint density at radius 3 is 2.67 bits per heavy atom. The van der Waals surface area contributed by atoms with Gasteiger partial charge in [-0.3, -0.25) is 9.36 Å². The minimum Gasteiger partial charge on any atom is -0.394 e. The number of amides is 1. The Kier molecular flexibility index (Phi) is 6.56. The molecule has 0 spiro atoms. The second kappa shape index (κ2) is 9.40. The van der Waals surface area contributed by atoms with Crippen LogP contribution in [0.2, 0.25) is 0 Å². The van der Waals surface area contributed by atoms with Crippen molar-refractivity contribution in [3.63, 3.8) is 0 Å². The van der Waals surface area contributed by atoms with Crippen molar-refractivity contribution >= 4 is 22.9 Å². The first-order valence-corrected chi connectivity index (χ1v) is 10.7. The maximum absolute atomic E-state index is 12.8. The number of rotatable bonds is 7. The van der Waals surface area contributed by atoms with Crippen molar-refractivity contribution in [2.45, 2.75) is 43.9 Å². The van der Waals surface area contributed by atoms with E-state index in [0.717, 1.165) is 11.1 Å². The Labute approximate surface area is 191 Å². The fraction of sp³-hybridized carbons (Fsp3) is 0.455. The summed E-state index contributed by atoms with van der Waals surface area (Å²) < 4.78 is 7.47. The van der Waals surface area contributed by atoms with Gasteiger partial charge in [-0.05, 0) is 18.9 Å². The third-order valence-corrected chi connectivity index (χ3v) is 5.81. The molecule has 1 aromatic carbocycles. The van der Waals surface area contributed by atoms with Crippen LogP contribution in [0.5, 0.6) is 0 Å². The number of carbonyl (C=O) groups is 1. The summed E-state index contributed by atoms with van der Waals surface area (Å²) in [4.78, 5) is 27.5. The number of imidazole rings is 1. The number of aromatic nitrogens is 4. The first-order valence-electron chi connectivity index (χ1n) is 10.7. The van der Waals surface area contributed by atoms with Crippen molar-refractivity contribution in [1.82, 2.24) is 24.8 Å². The number of aliphatic hydroxyl groups excluding tert-OH is 2. The van der Waals surface area contributed by atoms with Crippen LogP contribution in [0.4, 0.5) is 5.82 Å². The molecular weight excluding hydrogens is 426 g/mol. The van der Waals surface area contributed by atoms with Gasteiger partial charge in [0.05, 0.1) is 25.0 Å². The largest absolute Gasteiger partial charge is 0.394 e. The van der Waals surface area contributed by atoms with Crippen LogP contribution in [-0.4, -0.2) is 80.6 Å². The van der Waals surface area contributed by atoms with Crippen LogP contribution in [-0.2, 0) is 16.0 Å². The van der Waals surface area contributed by atoms with Gasteiger partial charge in [-0.25, -0.2) is 15.0 Å². The number of nitrogens with two attached hydrogens (primary N) is 1. The highest BCUT2D eigenvalue weighted by Gasteiger charge is 2.46. The number of hydrogen-bond donors (Lipinski definition) is 4. The standard InChI is InChI=1S/C22H29N7O4/c1-12-4-6-13(7-5-12)8-14(23)21(32)27-16-15(9-30)33-22(18(16)31)29-11-26-17-19(28(2)3)24-10-25-20(17)29/h4-7,10-11,14-16,18,22,30-31H,8-9,23H2,1-3H3,(H,27,32)/t14-,15+,16+,18+,22?/m0/s1. The van der Waals surface area contributed by atoms with E-state index in [1.165, 1.54) is 12.7 Å². The minimum atomic E-state index is -1.16. The minimum absolute atomic E-state index is 0.347. The molecule has 1 aliphatic heterocycles. The average molecular weight is 456 g/mol. The van der Waals surface area contributed by atoms with Gasteiger partial charge in [-0.2, -0.15) is 0 Å². The quantitative estimate of drug-likeness (QED) is 0.370. The zero-order chi connectivity index (χ0) is 23.7. The normalized spacial score (nSPS) is 23.6. The molecule has 2 aromatic heterocycles. The van der Waals surface area contributed by atoms with Gasteiger partial charge in [0.25, 0.3) is 0 Å². The lowest BCUT2D eigenvalue weighted by Crippen LogP contribution is -2.53. The summed E-state index contributed by atoms with van der Waals surface area (Å²) in [5.74, 6) is 0.187. The average Bonchev–Trinajstić information content (AvgIpc) is 3.36. The molecule has 3 heterocycles. The third-order valence-electron chi connectivity index (χ3n) is 5.81. The zero-order valence-corrected chi connectivity index (χ0v) is 18.8. The molecule has 1 amide bonds. The van der Waals surface area contributed by atoms with Crippen molar-refractivity contribution in [3.8, 4) is 0 Å². The first-order chi connectivity index (χ1) is 15.8. The van der Waals surface area contributed by atoms with Crippen molar-refractivity contribution in [2.75, 3.05) is 25.6 Å². The predicted octanol–water partition coefficient (Wildman–Crippen LogP) is -0.494. The molecule has 0 bridgehead atoms. The molecule has 3 aromatic rings. The van der Waals surface area contributed by atoms with Crippen LogP contribution in [0.25, 0.3) is 11.2 Å². The summed E-state index contributed by atoms with van der Waals surface area (Å²) >= 11 is 0. The molecule has 1 aliphatic rings. The van der Waals surface area contributed by atoms with Gasteiger partial charge >= 0.3 is 0 Å². The highest BCUT2D eigenvalue weighted by atomic mass is 16.5. The zero-order valence-electron chi connectivity index (χ0n) is 18.8. The molecule has 4 rings (SSSR count). The van der Waals surface area contributed by atoms with Gasteiger partial charge in [0.2, 0.25) is 5.91 Å². The van der Waals surface area contributed by atoms with E-state index in [-0.39, 0.29) is 0 Å². The molecule has 5 N–H and O–H groups in total. The smallest absolute Gasteiger partial charge is 0.237 e. The monoisotopic (exact) mass is 455 g/mol. The van der Waals surface area contributed by atoms with Crippen LogP contribution in [0.3, 0.4) is 0 Å². The molecule has 5 atom stereocenters. The molecule has 1 unspecified atom stereocenters. The van der Waals surface area contributed by atoms with E-state index in [0.29, 0.717) is 23.4 Å². The molecular formula is C22H29N7O4. The summed E-state index contributed by atoms with van der Waals surface area (Å²) in [5, 5.41) is 23.6. The van der Waals surface area contributed by atoms with Crippen molar-refractivity contribution in [3.05, 3.63) is 48.0 Å².